The molecule has 0 radical (unpaired) electrons. The fraction of sp³-hybridized carbons (Fsp3) is 0.467. The van der Waals surface area contributed by atoms with Crippen LogP contribution in [0.2, 0.25) is 0 Å². The van der Waals surface area contributed by atoms with Gasteiger partial charge in [-0.2, -0.15) is 5.26 Å². The highest BCUT2D eigenvalue weighted by Crippen LogP contribution is 2.21. The van der Waals surface area contributed by atoms with Crippen molar-refractivity contribution in [3.63, 3.8) is 0 Å². The van der Waals surface area contributed by atoms with E-state index in [1.54, 1.807) is 7.11 Å². The summed E-state index contributed by atoms with van der Waals surface area (Å²) in [5.74, 6) is -0.510. The third kappa shape index (κ3) is 3.92. The van der Waals surface area contributed by atoms with Gasteiger partial charge in [-0.25, -0.2) is 9.18 Å². The lowest BCUT2D eigenvalue weighted by atomic mass is 9.92. The largest absolute Gasteiger partial charge is 0.379 e. The number of methoxy groups -OCH3 is 1. The van der Waals surface area contributed by atoms with Crippen LogP contribution in [0.1, 0.15) is 31.2 Å². The Bertz CT molecular complexity index is 556. The zero-order chi connectivity index (χ0) is 15.2. The van der Waals surface area contributed by atoms with Crippen molar-refractivity contribution in [1.82, 2.24) is 5.32 Å². The topological polar surface area (TPSA) is 74.2 Å². The van der Waals surface area contributed by atoms with Gasteiger partial charge in [0.05, 0.1) is 23.4 Å². The Balaban J connectivity index is 2.00. The summed E-state index contributed by atoms with van der Waals surface area (Å²) in [4.78, 5) is 12.0. The SMILES string of the molecule is COC1CCCCC1NC(=O)Nc1ccc(F)cc1C#N. The fourth-order valence-electron chi connectivity index (χ4n) is 2.59. The maximum atomic E-state index is 13.0. The number of benzene rings is 1. The summed E-state index contributed by atoms with van der Waals surface area (Å²) in [5, 5.41) is 14.4. The van der Waals surface area contributed by atoms with Gasteiger partial charge in [-0.15, -0.1) is 0 Å². The first-order valence-electron chi connectivity index (χ1n) is 6.94. The Morgan fingerprint density at radius 3 is 2.90 bits per heavy atom. The molecule has 1 aromatic carbocycles. The smallest absolute Gasteiger partial charge is 0.319 e. The number of nitriles is 1. The zero-order valence-corrected chi connectivity index (χ0v) is 11.9. The first-order valence-corrected chi connectivity index (χ1v) is 6.94. The summed E-state index contributed by atoms with van der Waals surface area (Å²) in [6, 6.07) is 5.07. The van der Waals surface area contributed by atoms with Gasteiger partial charge < -0.3 is 15.4 Å². The molecular formula is C15H18FN3O2. The van der Waals surface area contributed by atoms with E-state index in [0.29, 0.717) is 5.69 Å². The standard InChI is InChI=1S/C15H18FN3O2/c1-21-14-5-3-2-4-13(14)19-15(20)18-12-7-6-11(16)8-10(12)9-17/h6-8,13-14H,2-5H2,1H3,(H2,18,19,20). The number of hydrogen-bond acceptors (Lipinski definition) is 3. The number of halogens is 1. The van der Waals surface area contributed by atoms with Crippen molar-refractivity contribution < 1.29 is 13.9 Å². The minimum absolute atomic E-state index is 0.00755. The van der Waals surface area contributed by atoms with Gasteiger partial charge >= 0.3 is 6.03 Å². The predicted octanol–water partition coefficient (Wildman–Crippen LogP) is 2.78. The van der Waals surface area contributed by atoms with Crippen molar-refractivity contribution in [3.8, 4) is 6.07 Å². The van der Waals surface area contributed by atoms with Crippen LogP contribution < -0.4 is 10.6 Å². The molecule has 5 nitrogen and oxygen atoms in total. The number of rotatable bonds is 3. The van der Waals surface area contributed by atoms with Crippen LogP contribution in [0.5, 0.6) is 0 Å². The van der Waals surface area contributed by atoms with Gasteiger partial charge in [0.15, 0.2) is 0 Å². The lowest BCUT2D eigenvalue weighted by molar-refractivity contribution is 0.0459. The lowest BCUT2D eigenvalue weighted by Gasteiger charge is -2.31. The van der Waals surface area contributed by atoms with Crippen LogP contribution in [0.3, 0.4) is 0 Å². The average molecular weight is 291 g/mol. The molecule has 2 rings (SSSR count). The molecule has 112 valence electrons. The highest BCUT2D eigenvalue weighted by Gasteiger charge is 2.26. The third-order valence-electron chi connectivity index (χ3n) is 3.67. The van der Waals surface area contributed by atoms with E-state index < -0.39 is 11.8 Å². The second-order valence-corrected chi connectivity index (χ2v) is 5.07. The molecule has 2 atom stereocenters. The van der Waals surface area contributed by atoms with Crippen LogP contribution in [0.4, 0.5) is 14.9 Å². The number of anilines is 1. The maximum absolute atomic E-state index is 13.0. The molecule has 0 aromatic heterocycles. The molecule has 1 aromatic rings. The van der Waals surface area contributed by atoms with Crippen molar-refractivity contribution in [3.05, 3.63) is 29.6 Å². The van der Waals surface area contributed by atoms with Gasteiger partial charge in [-0.3, -0.25) is 0 Å². The molecule has 0 saturated heterocycles. The van der Waals surface area contributed by atoms with E-state index in [4.69, 9.17) is 10.00 Å². The van der Waals surface area contributed by atoms with Crippen molar-refractivity contribution in [2.24, 2.45) is 0 Å². The van der Waals surface area contributed by atoms with E-state index in [1.165, 1.54) is 12.1 Å². The highest BCUT2D eigenvalue weighted by atomic mass is 19.1. The Labute approximate surface area is 123 Å². The van der Waals surface area contributed by atoms with Crippen molar-refractivity contribution in [1.29, 1.82) is 5.26 Å². The van der Waals surface area contributed by atoms with Crippen LogP contribution >= 0.6 is 0 Å². The van der Waals surface area contributed by atoms with E-state index in [9.17, 15) is 9.18 Å². The highest BCUT2D eigenvalue weighted by molar-refractivity contribution is 5.90. The molecule has 1 aliphatic rings. The second-order valence-electron chi connectivity index (χ2n) is 5.07. The molecule has 2 unspecified atom stereocenters. The fourth-order valence-corrected chi connectivity index (χ4v) is 2.59. The van der Waals surface area contributed by atoms with Crippen molar-refractivity contribution in [2.75, 3.05) is 12.4 Å². The van der Waals surface area contributed by atoms with Crippen LogP contribution in [0, 0.1) is 17.1 Å². The van der Waals surface area contributed by atoms with E-state index >= 15 is 0 Å². The minimum atomic E-state index is -0.510. The number of hydrogen-bond donors (Lipinski definition) is 2. The van der Waals surface area contributed by atoms with Crippen molar-refractivity contribution in [2.45, 2.75) is 37.8 Å². The Morgan fingerprint density at radius 2 is 2.19 bits per heavy atom. The molecule has 6 heteroatoms. The monoisotopic (exact) mass is 291 g/mol. The number of nitrogens with zero attached hydrogens (tertiary/aromatic N) is 1. The second kappa shape index (κ2) is 7.04. The summed E-state index contributed by atoms with van der Waals surface area (Å²) in [6.07, 6.45) is 3.93. The molecule has 21 heavy (non-hydrogen) atoms. The molecule has 0 spiro atoms. The van der Waals surface area contributed by atoms with E-state index in [0.717, 1.165) is 31.7 Å². The van der Waals surface area contributed by atoms with Crippen molar-refractivity contribution >= 4 is 11.7 Å². The number of ether oxygens (including phenoxy) is 1. The summed E-state index contributed by atoms with van der Waals surface area (Å²) in [6.45, 7) is 0. The predicted molar refractivity (Wildman–Crippen MR) is 76.3 cm³/mol. The number of carbonyl (C=O) groups is 1. The van der Waals surface area contributed by atoms with Crippen LogP contribution in [0.25, 0.3) is 0 Å². The first-order chi connectivity index (χ1) is 10.1. The quantitative estimate of drug-likeness (QED) is 0.899. The summed E-state index contributed by atoms with van der Waals surface area (Å²) in [7, 11) is 1.64. The summed E-state index contributed by atoms with van der Waals surface area (Å²) < 4.78 is 18.4. The molecule has 0 bridgehead atoms. The lowest BCUT2D eigenvalue weighted by Crippen LogP contribution is -2.47. The average Bonchev–Trinajstić information content (AvgIpc) is 2.49. The first kappa shape index (κ1) is 15.3. The third-order valence-corrected chi connectivity index (χ3v) is 3.67. The molecule has 1 fully saturated rings. The minimum Gasteiger partial charge on any atom is -0.379 e. The molecule has 2 amide bonds. The van der Waals surface area contributed by atoms with Gasteiger partial charge in [0.2, 0.25) is 0 Å². The number of urea groups is 1. The normalized spacial score (nSPS) is 21.4. The van der Waals surface area contributed by atoms with E-state index in [-0.39, 0.29) is 17.7 Å². The number of amides is 2. The van der Waals surface area contributed by atoms with Crippen LogP contribution in [-0.4, -0.2) is 25.3 Å². The van der Waals surface area contributed by atoms with Gasteiger partial charge in [0.1, 0.15) is 11.9 Å². The van der Waals surface area contributed by atoms with Gasteiger partial charge in [-0.05, 0) is 31.0 Å². The maximum Gasteiger partial charge on any atom is 0.319 e. The molecule has 0 heterocycles. The van der Waals surface area contributed by atoms with Gasteiger partial charge in [0.25, 0.3) is 0 Å². The van der Waals surface area contributed by atoms with Crippen LogP contribution in [-0.2, 0) is 4.74 Å². The number of nitrogens with one attached hydrogen (secondary N) is 2. The Hall–Kier alpha value is -2.13. The molecule has 1 aliphatic carbocycles. The molecule has 2 N–H and O–H groups in total. The molecular weight excluding hydrogens is 273 g/mol. The Kier molecular flexibility index (Phi) is 5.12. The summed E-state index contributed by atoms with van der Waals surface area (Å²) >= 11 is 0. The van der Waals surface area contributed by atoms with E-state index in [1.807, 2.05) is 6.07 Å². The molecule has 1 saturated carbocycles. The number of carbonyl (C=O) groups excluding carboxylic acids is 1. The van der Waals surface area contributed by atoms with E-state index in [2.05, 4.69) is 10.6 Å². The summed E-state index contributed by atoms with van der Waals surface area (Å²) in [5.41, 5.74) is 0.387. The van der Waals surface area contributed by atoms with Gasteiger partial charge in [-0.1, -0.05) is 12.8 Å². The Morgan fingerprint density at radius 1 is 1.43 bits per heavy atom. The van der Waals surface area contributed by atoms with Crippen LogP contribution in [0.15, 0.2) is 18.2 Å². The molecule has 0 aliphatic heterocycles. The van der Waals surface area contributed by atoms with Gasteiger partial charge in [0, 0.05) is 7.11 Å². The zero-order valence-electron chi connectivity index (χ0n) is 11.9.